The molecule has 4 nitrogen and oxygen atoms in total. The fourth-order valence-electron chi connectivity index (χ4n) is 2.57. The van der Waals surface area contributed by atoms with Gasteiger partial charge in [-0.2, -0.15) is 0 Å². The first-order chi connectivity index (χ1) is 9.91. The van der Waals surface area contributed by atoms with E-state index in [1.807, 2.05) is 38.1 Å². The molecule has 1 aromatic carbocycles. The predicted octanol–water partition coefficient (Wildman–Crippen LogP) is 2.84. The molecule has 0 atom stereocenters. The van der Waals surface area contributed by atoms with Gasteiger partial charge < -0.3 is 4.74 Å². The van der Waals surface area contributed by atoms with E-state index in [9.17, 15) is 9.59 Å². The van der Waals surface area contributed by atoms with Crippen LogP contribution in [0.5, 0.6) is 5.75 Å². The molecule has 2 rings (SSSR count). The molecule has 0 heterocycles. The van der Waals surface area contributed by atoms with Crippen LogP contribution in [0.25, 0.3) is 0 Å². The van der Waals surface area contributed by atoms with Crippen LogP contribution < -0.4 is 4.74 Å². The molecule has 0 saturated heterocycles. The van der Waals surface area contributed by atoms with Crippen LogP contribution >= 0.6 is 0 Å². The fourth-order valence-corrected chi connectivity index (χ4v) is 2.57. The van der Waals surface area contributed by atoms with Crippen LogP contribution in [-0.2, 0) is 16.1 Å². The number of carbonyl (C=O) groups excluding carboxylic acids is 2. The summed E-state index contributed by atoms with van der Waals surface area (Å²) in [6.07, 6.45) is 2.40. The van der Waals surface area contributed by atoms with Crippen molar-refractivity contribution in [2.75, 3.05) is 7.11 Å². The molecule has 1 aliphatic carbocycles. The summed E-state index contributed by atoms with van der Waals surface area (Å²) in [7, 11) is 1.62. The van der Waals surface area contributed by atoms with E-state index in [1.54, 1.807) is 7.11 Å². The largest absolute Gasteiger partial charge is 0.497 e. The third kappa shape index (κ3) is 4.00. The number of hydrogen-bond donors (Lipinski definition) is 0. The molecule has 1 saturated carbocycles. The van der Waals surface area contributed by atoms with Gasteiger partial charge in [-0.05, 0) is 23.1 Å². The van der Waals surface area contributed by atoms with Crippen molar-refractivity contribution in [2.24, 2.45) is 16.3 Å². The van der Waals surface area contributed by atoms with Gasteiger partial charge >= 0.3 is 0 Å². The van der Waals surface area contributed by atoms with Crippen LogP contribution in [-0.4, -0.2) is 24.9 Å². The first-order valence-corrected chi connectivity index (χ1v) is 7.09. The fraction of sp³-hybridized carbons (Fsp3) is 0.471. The Labute approximate surface area is 125 Å². The molecule has 1 aromatic rings. The molecule has 1 fully saturated rings. The first kappa shape index (κ1) is 15.4. The average molecular weight is 287 g/mol. The van der Waals surface area contributed by atoms with E-state index in [-0.39, 0.29) is 17.0 Å². The Hall–Kier alpha value is -1.97. The van der Waals surface area contributed by atoms with E-state index in [4.69, 9.17) is 4.74 Å². The van der Waals surface area contributed by atoms with Crippen molar-refractivity contribution in [3.05, 3.63) is 29.8 Å². The summed E-state index contributed by atoms with van der Waals surface area (Å²) in [6.45, 7) is 4.37. The van der Waals surface area contributed by atoms with E-state index < -0.39 is 5.92 Å². The lowest BCUT2D eigenvalue weighted by Crippen LogP contribution is -2.38. The van der Waals surface area contributed by atoms with E-state index >= 15 is 0 Å². The topological polar surface area (TPSA) is 55.7 Å². The summed E-state index contributed by atoms with van der Waals surface area (Å²) >= 11 is 0. The van der Waals surface area contributed by atoms with Crippen molar-refractivity contribution in [2.45, 2.75) is 33.2 Å². The maximum Gasteiger partial charge on any atom is 0.149 e. The zero-order valence-corrected chi connectivity index (χ0v) is 12.8. The Bertz CT molecular complexity index is 538. The second kappa shape index (κ2) is 6.20. The van der Waals surface area contributed by atoms with Crippen molar-refractivity contribution < 1.29 is 14.3 Å². The smallest absolute Gasteiger partial charge is 0.149 e. The van der Waals surface area contributed by atoms with Crippen molar-refractivity contribution in [1.29, 1.82) is 0 Å². The Morgan fingerprint density at radius 2 is 1.76 bits per heavy atom. The molecule has 1 aliphatic rings. The van der Waals surface area contributed by atoms with Gasteiger partial charge in [0, 0.05) is 19.1 Å². The summed E-state index contributed by atoms with van der Waals surface area (Å²) < 4.78 is 5.09. The van der Waals surface area contributed by atoms with Gasteiger partial charge in [0.05, 0.1) is 13.7 Å². The lowest BCUT2D eigenvalue weighted by Gasteiger charge is -2.30. The number of nitrogens with zero attached hydrogens (tertiary/aromatic N) is 1. The Morgan fingerprint density at radius 1 is 1.19 bits per heavy atom. The highest BCUT2D eigenvalue weighted by Crippen LogP contribution is 2.33. The van der Waals surface area contributed by atoms with Gasteiger partial charge in [-0.15, -0.1) is 0 Å². The lowest BCUT2D eigenvalue weighted by atomic mass is 9.72. The lowest BCUT2D eigenvalue weighted by molar-refractivity contribution is -0.136. The minimum absolute atomic E-state index is 0.0188. The third-order valence-electron chi connectivity index (χ3n) is 3.69. The summed E-state index contributed by atoms with van der Waals surface area (Å²) in [5.74, 6) is 0.100. The quantitative estimate of drug-likeness (QED) is 0.632. The summed E-state index contributed by atoms with van der Waals surface area (Å²) in [5.41, 5.74) is 0.803. The molecule has 0 unspecified atom stereocenters. The van der Waals surface area contributed by atoms with Crippen molar-refractivity contribution in [3.63, 3.8) is 0 Å². The third-order valence-corrected chi connectivity index (χ3v) is 3.69. The van der Waals surface area contributed by atoms with Crippen molar-refractivity contribution in [1.82, 2.24) is 0 Å². The maximum absolute atomic E-state index is 12.0. The van der Waals surface area contributed by atoms with Crippen molar-refractivity contribution in [3.8, 4) is 5.75 Å². The molecule has 0 bridgehead atoms. The predicted molar refractivity (Wildman–Crippen MR) is 81.7 cm³/mol. The summed E-state index contributed by atoms with van der Waals surface area (Å²) in [5, 5.41) is 0. The van der Waals surface area contributed by atoms with Gasteiger partial charge in [0.1, 0.15) is 23.2 Å². The Morgan fingerprint density at radius 3 is 2.29 bits per heavy atom. The normalized spacial score (nSPS) is 19.2. The summed E-state index contributed by atoms with van der Waals surface area (Å²) in [6, 6.07) is 7.57. The number of hydrogen-bond acceptors (Lipinski definition) is 4. The number of benzene rings is 1. The molecule has 21 heavy (non-hydrogen) atoms. The second-order valence-corrected chi connectivity index (χ2v) is 6.27. The molecule has 0 spiro atoms. The van der Waals surface area contributed by atoms with Crippen molar-refractivity contribution >= 4 is 17.8 Å². The number of methoxy groups -OCH3 is 1. The second-order valence-electron chi connectivity index (χ2n) is 6.27. The number of ether oxygens (including phenoxy) is 1. The van der Waals surface area contributed by atoms with E-state index in [1.165, 1.54) is 6.21 Å². The standard InChI is InChI=1S/C17H21NO3/c1-17(2)8-15(19)14(16(20)9-17)11-18-10-12-4-6-13(21-3)7-5-12/h4-7,11,14H,8-10H2,1-3H3. The molecule has 0 amide bonds. The zero-order chi connectivity index (χ0) is 15.5. The molecular weight excluding hydrogens is 266 g/mol. The summed E-state index contributed by atoms with van der Waals surface area (Å²) in [4.78, 5) is 28.3. The minimum atomic E-state index is -0.656. The van der Waals surface area contributed by atoms with Crippen LogP contribution in [0.1, 0.15) is 32.3 Å². The Kier molecular flexibility index (Phi) is 4.56. The molecule has 0 aliphatic heterocycles. The number of rotatable bonds is 4. The first-order valence-electron chi connectivity index (χ1n) is 7.09. The van der Waals surface area contributed by atoms with Gasteiger partial charge in [-0.3, -0.25) is 14.6 Å². The molecule has 0 aromatic heterocycles. The molecule has 0 N–H and O–H groups in total. The zero-order valence-electron chi connectivity index (χ0n) is 12.8. The van der Waals surface area contributed by atoms with E-state index in [0.29, 0.717) is 19.4 Å². The average Bonchev–Trinajstić information content (AvgIpc) is 2.41. The van der Waals surface area contributed by atoms with E-state index in [2.05, 4.69) is 4.99 Å². The number of carbonyl (C=O) groups is 2. The van der Waals surface area contributed by atoms with Gasteiger partial charge in [0.25, 0.3) is 0 Å². The van der Waals surface area contributed by atoms with Gasteiger partial charge in [0.15, 0.2) is 0 Å². The van der Waals surface area contributed by atoms with Crippen LogP contribution in [0, 0.1) is 11.3 Å². The minimum Gasteiger partial charge on any atom is -0.497 e. The Balaban J connectivity index is 1.97. The van der Waals surface area contributed by atoms with E-state index in [0.717, 1.165) is 11.3 Å². The highest BCUT2D eigenvalue weighted by Gasteiger charge is 2.38. The number of ketones is 2. The van der Waals surface area contributed by atoms with Gasteiger partial charge in [-0.25, -0.2) is 0 Å². The number of aliphatic imine (C=N–C) groups is 1. The molecule has 0 radical (unpaired) electrons. The van der Waals surface area contributed by atoms with Crippen LogP contribution in [0.15, 0.2) is 29.3 Å². The highest BCUT2D eigenvalue weighted by molar-refractivity contribution is 6.16. The van der Waals surface area contributed by atoms with Gasteiger partial charge in [-0.1, -0.05) is 26.0 Å². The van der Waals surface area contributed by atoms with Crippen LogP contribution in [0.3, 0.4) is 0 Å². The monoisotopic (exact) mass is 287 g/mol. The molecule has 112 valence electrons. The molecular formula is C17H21NO3. The SMILES string of the molecule is COc1ccc(CN=CC2C(=O)CC(C)(C)CC2=O)cc1. The number of Topliss-reactive ketones (excluding diaryl/α,β-unsaturated/α-hetero) is 2. The van der Waals surface area contributed by atoms with Gasteiger partial charge in [0.2, 0.25) is 0 Å². The maximum atomic E-state index is 12.0. The highest BCUT2D eigenvalue weighted by atomic mass is 16.5. The van der Waals surface area contributed by atoms with Crippen LogP contribution in [0.2, 0.25) is 0 Å². The van der Waals surface area contributed by atoms with Crippen LogP contribution in [0.4, 0.5) is 0 Å². The molecule has 4 heteroatoms.